The van der Waals surface area contributed by atoms with Gasteiger partial charge in [-0.05, 0) is 0 Å². The number of hydrogen-bond acceptors (Lipinski definition) is 8. The van der Waals surface area contributed by atoms with E-state index in [0.717, 1.165) is 0 Å². The highest BCUT2D eigenvalue weighted by Crippen LogP contribution is 2.30. The second-order valence-electron chi connectivity index (χ2n) is 3.99. The molecule has 4 unspecified atom stereocenters. The predicted molar refractivity (Wildman–Crippen MR) is 57.9 cm³/mol. The van der Waals surface area contributed by atoms with Crippen molar-refractivity contribution in [2.24, 2.45) is 0 Å². The van der Waals surface area contributed by atoms with E-state index >= 15 is 0 Å². The molecule has 4 atom stereocenters. The monoisotopic (exact) mass is 253 g/mol. The Kier molecular flexibility index (Phi) is 2.41. The van der Waals surface area contributed by atoms with Gasteiger partial charge in [-0.1, -0.05) is 0 Å². The molecule has 0 aliphatic carbocycles. The Labute approximate surface area is 100 Å². The summed E-state index contributed by atoms with van der Waals surface area (Å²) in [6.07, 6.45) is -2.30. The van der Waals surface area contributed by atoms with Crippen LogP contribution >= 0.6 is 0 Å². The fourth-order valence-electron chi connectivity index (χ4n) is 1.90. The van der Waals surface area contributed by atoms with Gasteiger partial charge in [0, 0.05) is 0 Å². The quantitative estimate of drug-likeness (QED) is 0.456. The lowest BCUT2D eigenvalue weighted by atomic mass is 10.2. The summed E-state index contributed by atoms with van der Waals surface area (Å²) in [7, 11) is 0. The number of hydrogen-bond donors (Lipinski definition) is 4. The van der Waals surface area contributed by atoms with Crippen LogP contribution in [0.4, 0.5) is 5.95 Å². The number of rotatable bonds is 1. The van der Waals surface area contributed by atoms with Gasteiger partial charge in [0.2, 0.25) is 5.95 Å². The number of nitrogens with two attached hydrogens (primary N) is 1. The van der Waals surface area contributed by atoms with E-state index in [1.807, 2.05) is 0 Å². The van der Waals surface area contributed by atoms with Crippen molar-refractivity contribution in [2.75, 3.05) is 5.73 Å². The zero-order chi connectivity index (χ0) is 12.9. The Morgan fingerprint density at radius 2 is 2.00 bits per heavy atom. The van der Waals surface area contributed by atoms with Crippen LogP contribution in [0, 0.1) is 0 Å². The Morgan fingerprint density at radius 3 is 2.67 bits per heavy atom. The molecule has 0 saturated carbocycles. The van der Waals surface area contributed by atoms with Gasteiger partial charge >= 0.3 is 0 Å². The van der Waals surface area contributed by atoms with Gasteiger partial charge in [-0.3, -0.25) is 4.57 Å². The summed E-state index contributed by atoms with van der Waals surface area (Å²) in [6, 6.07) is 0. The number of aromatic nitrogens is 4. The van der Waals surface area contributed by atoms with Crippen molar-refractivity contribution in [3.8, 4) is 0 Å². The van der Waals surface area contributed by atoms with Crippen molar-refractivity contribution in [2.45, 2.75) is 24.7 Å². The number of nitrogens with zero attached hydrogens (tertiary/aromatic N) is 4. The first-order valence-corrected chi connectivity index (χ1v) is 5.22. The first kappa shape index (κ1) is 11.3. The second kappa shape index (κ2) is 3.85. The molecule has 18 heavy (non-hydrogen) atoms. The van der Waals surface area contributed by atoms with E-state index in [1.165, 1.54) is 17.1 Å². The molecular weight excluding hydrogens is 242 g/mol. The summed E-state index contributed by atoms with van der Waals surface area (Å²) in [6.45, 7) is 0. The highest BCUT2D eigenvalue weighted by atomic mass is 16.7. The molecule has 96 valence electrons. The highest BCUT2D eigenvalue weighted by Gasteiger charge is 2.43. The maximum Gasteiger partial charge on any atom is 0.222 e. The molecule has 3 rings (SSSR count). The summed E-state index contributed by atoms with van der Waals surface area (Å²) in [5.74, 6) is 0.0535. The summed E-state index contributed by atoms with van der Waals surface area (Å²) >= 11 is 0. The minimum atomic E-state index is -1.46. The van der Waals surface area contributed by atoms with E-state index in [2.05, 4.69) is 15.0 Å². The summed E-state index contributed by atoms with van der Waals surface area (Å²) < 4.78 is 6.44. The van der Waals surface area contributed by atoms with E-state index in [1.54, 1.807) is 0 Å². The molecule has 0 radical (unpaired) electrons. The maximum atomic E-state index is 9.77. The van der Waals surface area contributed by atoms with Gasteiger partial charge in [-0.2, -0.15) is 4.98 Å². The summed E-state index contributed by atoms with van der Waals surface area (Å²) in [5.41, 5.74) is 6.30. The minimum Gasteiger partial charge on any atom is -0.385 e. The minimum absolute atomic E-state index is 0.0535. The van der Waals surface area contributed by atoms with Crippen LogP contribution in [-0.2, 0) is 4.74 Å². The van der Waals surface area contributed by atoms with Gasteiger partial charge < -0.3 is 25.8 Å². The average molecular weight is 253 g/mol. The molecule has 2 aromatic heterocycles. The zero-order valence-corrected chi connectivity index (χ0v) is 9.08. The van der Waals surface area contributed by atoms with Gasteiger partial charge in [-0.25, -0.2) is 9.97 Å². The lowest BCUT2D eigenvalue weighted by molar-refractivity contribution is -0.141. The molecule has 1 fully saturated rings. The van der Waals surface area contributed by atoms with Crippen LogP contribution in [-0.4, -0.2) is 53.3 Å². The number of fused-ring (bicyclic) bond motifs is 1. The van der Waals surface area contributed by atoms with Crippen LogP contribution in [0.25, 0.3) is 11.2 Å². The van der Waals surface area contributed by atoms with Gasteiger partial charge in [0.15, 0.2) is 18.2 Å². The average Bonchev–Trinajstić information content (AvgIpc) is 2.86. The van der Waals surface area contributed by atoms with Crippen LogP contribution < -0.4 is 5.73 Å². The molecule has 5 N–H and O–H groups in total. The Morgan fingerprint density at radius 1 is 1.22 bits per heavy atom. The molecule has 1 aliphatic rings. The fraction of sp³-hybridized carbons (Fsp3) is 0.444. The third kappa shape index (κ3) is 1.53. The zero-order valence-electron chi connectivity index (χ0n) is 9.08. The number of aliphatic hydroxyl groups excluding tert-OH is 3. The molecule has 1 saturated heterocycles. The van der Waals surface area contributed by atoms with Crippen molar-refractivity contribution in [1.82, 2.24) is 19.5 Å². The fourth-order valence-corrected chi connectivity index (χ4v) is 1.90. The van der Waals surface area contributed by atoms with Crippen molar-refractivity contribution < 1.29 is 20.1 Å². The van der Waals surface area contributed by atoms with Crippen LogP contribution in [0.5, 0.6) is 0 Å². The van der Waals surface area contributed by atoms with E-state index < -0.39 is 24.7 Å². The molecule has 0 spiro atoms. The standard InChI is InChI=1S/C9H11N5O4/c10-9-11-1-3-6(13-9)14(2-12-3)7-4(15)5(16)8(17)18-7/h1-2,4-5,7-8,15-17H,(H2,10,11,13). The Bertz CT molecular complexity index is 587. The summed E-state index contributed by atoms with van der Waals surface area (Å²) in [5, 5.41) is 28.6. The molecule has 2 aromatic rings. The topological polar surface area (TPSA) is 140 Å². The number of aliphatic hydroxyl groups is 3. The van der Waals surface area contributed by atoms with Crippen LogP contribution in [0.2, 0.25) is 0 Å². The van der Waals surface area contributed by atoms with Crippen LogP contribution in [0.15, 0.2) is 12.5 Å². The third-order valence-electron chi connectivity index (χ3n) is 2.82. The first-order valence-electron chi connectivity index (χ1n) is 5.22. The van der Waals surface area contributed by atoms with Crippen molar-refractivity contribution in [3.63, 3.8) is 0 Å². The summed E-state index contributed by atoms with van der Waals surface area (Å²) in [4.78, 5) is 11.8. The van der Waals surface area contributed by atoms with Gasteiger partial charge in [0.05, 0.1) is 12.5 Å². The molecular formula is C9H11N5O4. The number of nitrogen functional groups attached to an aromatic ring is 1. The van der Waals surface area contributed by atoms with Gasteiger partial charge in [0.1, 0.15) is 17.7 Å². The lowest BCUT2D eigenvalue weighted by Gasteiger charge is -2.15. The number of imidazole rings is 1. The molecule has 0 aromatic carbocycles. The number of anilines is 1. The number of ether oxygens (including phenoxy) is 1. The van der Waals surface area contributed by atoms with Crippen LogP contribution in [0.1, 0.15) is 6.23 Å². The molecule has 1 aliphatic heterocycles. The highest BCUT2D eigenvalue weighted by molar-refractivity contribution is 5.70. The van der Waals surface area contributed by atoms with E-state index in [-0.39, 0.29) is 5.95 Å². The van der Waals surface area contributed by atoms with E-state index in [4.69, 9.17) is 10.5 Å². The first-order chi connectivity index (χ1) is 8.58. The Balaban J connectivity index is 2.07. The van der Waals surface area contributed by atoms with Crippen molar-refractivity contribution >= 4 is 17.1 Å². The largest absolute Gasteiger partial charge is 0.385 e. The normalized spacial score (nSPS) is 32.2. The SMILES string of the molecule is Nc1ncc2ncn(C3OC(O)C(O)C3O)c2n1. The lowest BCUT2D eigenvalue weighted by Crippen LogP contribution is -2.31. The maximum absolute atomic E-state index is 9.77. The molecule has 9 nitrogen and oxygen atoms in total. The third-order valence-corrected chi connectivity index (χ3v) is 2.82. The molecule has 0 amide bonds. The van der Waals surface area contributed by atoms with Crippen molar-refractivity contribution in [3.05, 3.63) is 12.5 Å². The molecule has 0 bridgehead atoms. The Hall–Kier alpha value is -1.81. The smallest absolute Gasteiger partial charge is 0.222 e. The van der Waals surface area contributed by atoms with Gasteiger partial charge in [-0.15, -0.1) is 0 Å². The van der Waals surface area contributed by atoms with E-state index in [0.29, 0.717) is 11.2 Å². The van der Waals surface area contributed by atoms with Gasteiger partial charge in [0.25, 0.3) is 0 Å². The van der Waals surface area contributed by atoms with Crippen LogP contribution in [0.3, 0.4) is 0 Å². The molecule has 3 heterocycles. The molecule has 9 heteroatoms. The second-order valence-corrected chi connectivity index (χ2v) is 3.99. The van der Waals surface area contributed by atoms with E-state index in [9.17, 15) is 15.3 Å². The predicted octanol–water partition coefficient (Wildman–Crippen LogP) is -2.02. The van der Waals surface area contributed by atoms with Crippen molar-refractivity contribution in [1.29, 1.82) is 0 Å².